The Morgan fingerprint density at radius 1 is 1.38 bits per heavy atom. The Balaban J connectivity index is 2.26. The van der Waals surface area contributed by atoms with Gasteiger partial charge >= 0.3 is 6.03 Å². The highest BCUT2D eigenvalue weighted by molar-refractivity contribution is 7.85. The van der Waals surface area contributed by atoms with Gasteiger partial charge in [-0.3, -0.25) is 4.21 Å². The largest absolute Gasteiger partial charge is 0.393 e. The van der Waals surface area contributed by atoms with Crippen LogP contribution in [0.25, 0.3) is 0 Å². The molecule has 0 saturated heterocycles. The fourth-order valence-electron chi connectivity index (χ4n) is 2.65. The first-order chi connectivity index (χ1) is 9.93. The summed E-state index contributed by atoms with van der Waals surface area (Å²) in [6.45, 7) is 6.34. The lowest BCUT2D eigenvalue weighted by Gasteiger charge is -2.29. The van der Waals surface area contributed by atoms with Gasteiger partial charge in [-0.05, 0) is 31.6 Å². The molecule has 0 radical (unpaired) electrons. The summed E-state index contributed by atoms with van der Waals surface area (Å²) in [7, 11) is -0.771. The average molecular weight is 318 g/mol. The minimum Gasteiger partial charge on any atom is -0.393 e. The first kappa shape index (κ1) is 18.4. The number of nitrogens with one attached hydrogen (secondary N) is 2. The van der Waals surface area contributed by atoms with Crippen LogP contribution in [0.5, 0.6) is 0 Å². The molecule has 1 saturated carbocycles. The number of rotatable bonds is 7. The molecular formula is C15H30N2O3S. The van der Waals surface area contributed by atoms with Crippen LogP contribution in [0.3, 0.4) is 0 Å². The van der Waals surface area contributed by atoms with Crippen LogP contribution in [-0.2, 0) is 10.8 Å². The molecule has 1 fully saturated rings. The van der Waals surface area contributed by atoms with Crippen LogP contribution < -0.4 is 10.6 Å². The second-order valence-electron chi connectivity index (χ2n) is 6.16. The fourth-order valence-corrected chi connectivity index (χ4v) is 4.00. The van der Waals surface area contributed by atoms with Gasteiger partial charge in [0, 0.05) is 34.4 Å². The lowest BCUT2D eigenvalue weighted by atomic mass is 9.95. The van der Waals surface area contributed by atoms with Crippen LogP contribution in [0.2, 0.25) is 0 Å². The van der Waals surface area contributed by atoms with Gasteiger partial charge in [0.25, 0.3) is 0 Å². The number of urea groups is 1. The van der Waals surface area contributed by atoms with E-state index in [-0.39, 0.29) is 29.3 Å². The summed E-state index contributed by atoms with van der Waals surface area (Å²) in [6.07, 6.45) is 3.98. The Hall–Kier alpha value is -0.620. The molecule has 0 aromatic carbocycles. The van der Waals surface area contributed by atoms with Crippen molar-refractivity contribution in [2.45, 2.75) is 70.3 Å². The van der Waals surface area contributed by atoms with Crippen molar-refractivity contribution in [2.24, 2.45) is 5.92 Å². The Morgan fingerprint density at radius 3 is 2.71 bits per heavy atom. The van der Waals surface area contributed by atoms with Crippen LogP contribution >= 0.6 is 0 Å². The summed E-state index contributed by atoms with van der Waals surface area (Å²) < 4.78 is 11.9. The number of amides is 2. The van der Waals surface area contributed by atoms with E-state index in [1.165, 1.54) is 0 Å². The molecule has 124 valence electrons. The zero-order chi connectivity index (χ0) is 15.8. The molecule has 4 atom stereocenters. The van der Waals surface area contributed by atoms with Gasteiger partial charge in [-0.1, -0.05) is 27.2 Å². The summed E-state index contributed by atoms with van der Waals surface area (Å²) >= 11 is 0. The Kier molecular flexibility index (Phi) is 8.26. The summed E-state index contributed by atoms with van der Waals surface area (Å²) in [5.41, 5.74) is 0. The maximum Gasteiger partial charge on any atom is 0.315 e. The van der Waals surface area contributed by atoms with Crippen molar-refractivity contribution in [2.75, 3.05) is 12.3 Å². The molecule has 4 unspecified atom stereocenters. The highest BCUT2D eigenvalue weighted by atomic mass is 32.2. The number of hydrogen-bond donors (Lipinski definition) is 3. The highest BCUT2D eigenvalue weighted by Crippen LogP contribution is 2.22. The summed E-state index contributed by atoms with van der Waals surface area (Å²) in [5, 5.41) is 15.6. The van der Waals surface area contributed by atoms with E-state index in [0.717, 1.165) is 25.7 Å². The Labute approximate surface area is 130 Å². The zero-order valence-corrected chi connectivity index (χ0v) is 14.2. The van der Waals surface area contributed by atoms with E-state index in [9.17, 15) is 14.1 Å². The van der Waals surface area contributed by atoms with Crippen molar-refractivity contribution in [3.8, 4) is 0 Å². The monoisotopic (exact) mass is 318 g/mol. The molecule has 5 nitrogen and oxygen atoms in total. The van der Waals surface area contributed by atoms with Crippen molar-refractivity contribution in [3.05, 3.63) is 0 Å². The third kappa shape index (κ3) is 6.78. The van der Waals surface area contributed by atoms with Crippen LogP contribution in [0.1, 0.15) is 52.9 Å². The maximum absolute atomic E-state index is 11.9. The third-order valence-corrected chi connectivity index (χ3v) is 5.85. The average Bonchev–Trinajstić information content (AvgIpc) is 2.46. The highest BCUT2D eigenvalue weighted by Gasteiger charge is 2.26. The number of aliphatic hydroxyl groups excluding tert-OH is 1. The van der Waals surface area contributed by atoms with Crippen molar-refractivity contribution in [3.63, 3.8) is 0 Å². The number of carbonyl (C=O) groups excluding carboxylic acids is 1. The van der Waals surface area contributed by atoms with Gasteiger partial charge in [0.05, 0.1) is 6.10 Å². The van der Waals surface area contributed by atoms with Gasteiger partial charge in [-0.25, -0.2) is 4.79 Å². The molecule has 0 aromatic rings. The molecule has 6 heteroatoms. The van der Waals surface area contributed by atoms with E-state index in [4.69, 9.17) is 0 Å². The Morgan fingerprint density at radius 2 is 2.10 bits per heavy atom. The molecule has 0 heterocycles. The van der Waals surface area contributed by atoms with E-state index >= 15 is 0 Å². The van der Waals surface area contributed by atoms with E-state index in [1.54, 1.807) is 0 Å². The molecule has 2 amide bonds. The number of hydrogen-bond acceptors (Lipinski definition) is 3. The smallest absolute Gasteiger partial charge is 0.315 e. The molecule has 1 rings (SSSR count). The van der Waals surface area contributed by atoms with E-state index in [1.807, 2.05) is 20.8 Å². The van der Waals surface area contributed by atoms with Gasteiger partial charge in [-0.2, -0.15) is 0 Å². The van der Waals surface area contributed by atoms with Gasteiger partial charge in [-0.15, -0.1) is 0 Å². The fraction of sp³-hybridized carbons (Fsp3) is 0.933. The third-order valence-electron chi connectivity index (χ3n) is 4.11. The van der Waals surface area contributed by atoms with Gasteiger partial charge in [0.1, 0.15) is 0 Å². The van der Waals surface area contributed by atoms with Crippen LogP contribution in [-0.4, -0.2) is 45.0 Å². The van der Waals surface area contributed by atoms with Crippen molar-refractivity contribution in [1.82, 2.24) is 10.6 Å². The second kappa shape index (κ2) is 9.41. The molecule has 0 aliphatic heterocycles. The predicted molar refractivity (Wildman–Crippen MR) is 86.7 cm³/mol. The lowest BCUT2D eigenvalue weighted by molar-refractivity contribution is 0.116. The van der Waals surface area contributed by atoms with Crippen LogP contribution in [0.4, 0.5) is 4.79 Å². The quantitative estimate of drug-likeness (QED) is 0.669. The van der Waals surface area contributed by atoms with Gasteiger partial charge in [0.2, 0.25) is 0 Å². The molecule has 1 aliphatic rings. The van der Waals surface area contributed by atoms with Crippen molar-refractivity contribution < 1.29 is 14.1 Å². The van der Waals surface area contributed by atoms with Gasteiger partial charge < -0.3 is 15.7 Å². The standard InChI is InChI=1S/C15H30N2O3S/c1-4-21(20)13-7-5-6-12(10-13)17-15(19)16-9-8-14(18)11(2)3/h11-14,18H,4-10H2,1-3H3,(H2,16,17,19). The number of carbonyl (C=O) groups is 1. The maximum atomic E-state index is 11.9. The van der Waals surface area contributed by atoms with E-state index < -0.39 is 10.8 Å². The molecular weight excluding hydrogens is 288 g/mol. The topological polar surface area (TPSA) is 78.4 Å². The summed E-state index contributed by atoms with van der Waals surface area (Å²) in [5.74, 6) is 0.898. The SMILES string of the molecule is CCS(=O)C1CCCC(NC(=O)NCCC(O)C(C)C)C1. The minimum atomic E-state index is -0.771. The molecule has 3 N–H and O–H groups in total. The lowest BCUT2D eigenvalue weighted by Crippen LogP contribution is -2.46. The first-order valence-electron chi connectivity index (χ1n) is 8.03. The van der Waals surface area contributed by atoms with E-state index in [0.29, 0.717) is 18.7 Å². The second-order valence-corrected chi connectivity index (χ2v) is 8.16. The molecule has 0 spiro atoms. The van der Waals surface area contributed by atoms with Crippen LogP contribution in [0.15, 0.2) is 0 Å². The molecule has 0 aromatic heterocycles. The molecule has 1 aliphatic carbocycles. The molecule has 0 bridgehead atoms. The first-order valence-corrected chi connectivity index (χ1v) is 9.41. The van der Waals surface area contributed by atoms with Crippen molar-refractivity contribution in [1.29, 1.82) is 0 Å². The predicted octanol–water partition coefficient (Wildman–Crippen LogP) is 1.77. The normalized spacial score (nSPS) is 25.4. The summed E-state index contributed by atoms with van der Waals surface area (Å²) in [6, 6.07) is -0.0619. The molecule has 21 heavy (non-hydrogen) atoms. The summed E-state index contributed by atoms with van der Waals surface area (Å²) in [4.78, 5) is 11.8. The van der Waals surface area contributed by atoms with Gasteiger partial charge in [0.15, 0.2) is 0 Å². The van der Waals surface area contributed by atoms with Crippen LogP contribution in [0, 0.1) is 5.92 Å². The van der Waals surface area contributed by atoms with Crippen molar-refractivity contribution >= 4 is 16.8 Å². The zero-order valence-electron chi connectivity index (χ0n) is 13.4. The van der Waals surface area contributed by atoms with E-state index in [2.05, 4.69) is 10.6 Å². The number of aliphatic hydroxyl groups is 1. The minimum absolute atomic E-state index is 0.120. The Bertz CT molecular complexity index is 350.